The Hall–Kier alpha value is -1.79. The number of rotatable bonds is 5. The van der Waals surface area contributed by atoms with E-state index in [0.29, 0.717) is 44.1 Å². The van der Waals surface area contributed by atoms with Crippen LogP contribution in [0.2, 0.25) is 0 Å². The maximum absolute atomic E-state index is 12.7. The van der Waals surface area contributed by atoms with Crippen molar-refractivity contribution in [2.24, 2.45) is 5.73 Å². The zero-order valence-corrected chi connectivity index (χ0v) is 14.3. The van der Waals surface area contributed by atoms with Gasteiger partial charge in [-0.3, -0.25) is 4.79 Å². The second kappa shape index (κ2) is 7.19. The molecule has 1 aliphatic rings. The van der Waals surface area contributed by atoms with E-state index in [2.05, 4.69) is 0 Å². The van der Waals surface area contributed by atoms with Crippen LogP contribution in [0.4, 0.5) is 0 Å². The van der Waals surface area contributed by atoms with Crippen LogP contribution in [-0.4, -0.2) is 50.8 Å². The maximum atomic E-state index is 12.7. The van der Waals surface area contributed by atoms with Crippen LogP contribution in [0.25, 0.3) is 0 Å². The molecule has 2 rings (SSSR count). The summed E-state index contributed by atoms with van der Waals surface area (Å²) in [6.45, 7) is 3.53. The van der Waals surface area contributed by atoms with Gasteiger partial charge in [-0.25, -0.2) is 0 Å². The minimum absolute atomic E-state index is 0.0463. The van der Waals surface area contributed by atoms with Crippen LogP contribution >= 0.6 is 0 Å². The summed E-state index contributed by atoms with van der Waals surface area (Å²) in [7, 11) is 4.99. The predicted molar refractivity (Wildman–Crippen MR) is 87.7 cm³/mol. The molecule has 1 amide bonds. The van der Waals surface area contributed by atoms with Crippen molar-refractivity contribution in [2.45, 2.75) is 31.8 Å². The molecular formula is C17H26N2O4. The van der Waals surface area contributed by atoms with Crippen molar-refractivity contribution in [1.29, 1.82) is 0 Å². The van der Waals surface area contributed by atoms with Crippen LogP contribution in [0.15, 0.2) is 12.1 Å². The van der Waals surface area contributed by atoms with Gasteiger partial charge in [0.2, 0.25) is 5.91 Å². The van der Waals surface area contributed by atoms with Crippen molar-refractivity contribution >= 4 is 5.91 Å². The topological polar surface area (TPSA) is 74.0 Å². The number of amides is 1. The first-order chi connectivity index (χ1) is 10.9. The van der Waals surface area contributed by atoms with Crippen molar-refractivity contribution < 1.29 is 19.0 Å². The molecular weight excluding hydrogens is 296 g/mol. The van der Waals surface area contributed by atoms with E-state index in [-0.39, 0.29) is 5.91 Å². The number of hydrogen-bond donors (Lipinski definition) is 1. The first-order valence-electron chi connectivity index (χ1n) is 7.75. The molecule has 1 aliphatic heterocycles. The molecule has 0 atom stereocenters. The van der Waals surface area contributed by atoms with E-state index in [1.165, 1.54) is 0 Å². The molecule has 1 heterocycles. The largest absolute Gasteiger partial charge is 0.493 e. The van der Waals surface area contributed by atoms with Gasteiger partial charge in [-0.05, 0) is 43.0 Å². The third-order valence-corrected chi connectivity index (χ3v) is 4.41. The highest BCUT2D eigenvalue weighted by Crippen LogP contribution is 2.31. The van der Waals surface area contributed by atoms with Crippen molar-refractivity contribution in [3.05, 3.63) is 23.3 Å². The molecule has 0 radical (unpaired) electrons. The first-order valence-corrected chi connectivity index (χ1v) is 7.75. The minimum Gasteiger partial charge on any atom is -0.493 e. The Bertz CT molecular complexity index is 568. The molecule has 0 aliphatic carbocycles. The van der Waals surface area contributed by atoms with Crippen molar-refractivity contribution in [1.82, 2.24) is 4.90 Å². The average molecular weight is 322 g/mol. The van der Waals surface area contributed by atoms with E-state index >= 15 is 0 Å². The molecule has 0 spiro atoms. The Morgan fingerprint density at radius 3 is 2.39 bits per heavy atom. The van der Waals surface area contributed by atoms with Gasteiger partial charge >= 0.3 is 0 Å². The fraction of sp³-hybridized carbons (Fsp3) is 0.588. The molecule has 1 aromatic rings. The van der Waals surface area contributed by atoms with Gasteiger partial charge in [-0.2, -0.15) is 0 Å². The average Bonchev–Trinajstić information content (AvgIpc) is 2.56. The molecule has 0 unspecified atom stereocenters. The molecule has 1 aromatic carbocycles. The summed E-state index contributed by atoms with van der Waals surface area (Å²) >= 11 is 0. The fourth-order valence-electron chi connectivity index (χ4n) is 2.85. The minimum atomic E-state index is -0.822. The highest BCUT2D eigenvalue weighted by molar-refractivity contribution is 5.86. The number of methoxy groups -OCH3 is 2. The smallest absolute Gasteiger partial charge is 0.242 e. The molecule has 6 nitrogen and oxygen atoms in total. The lowest BCUT2D eigenvalue weighted by atomic mass is 9.89. The summed E-state index contributed by atoms with van der Waals surface area (Å²) in [5.41, 5.74) is 7.51. The van der Waals surface area contributed by atoms with Gasteiger partial charge in [0, 0.05) is 26.8 Å². The zero-order chi connectivity index (χ0) is 17.0. The Morgan fingerprint density at radius 2 is 1.83 bits per heavy atom. The van der Waals surface area contributed by atoms with Gasteiger partial charge in [0.25, 0.3) is 0 Å². The third-order valence-electron chi connectivity index (χ3n) is 4.41. The van der Waals surface area contributed by atoms with Crippen LogP contribution in [-0.2, 0) is 16.1 Å². The number of hydrogen-bond acceptors (Lipinski definition) is 5. The third kappa shape index (κ3) is 3.76. The summed E-state index contributed by atoms with van der Waals surface area (Å²) in [4.78, 5) is 14.4. The van der Waals surface area contributed by atoms with Crippen molar-refractivity contribution in [3.63, 3.8) is 0 Å². The monoisotopic (exact) mass is 322 g/mol. The van der Waals surface area contributed by atoms with Gasteiger partial charge in [0.15, 0.2) is 11.5 Å². The predicted octanol–water partition coefficient (Wildman–Crippen LogP) is 1.48. The Kier molecular flexibility index (Phi) is 5.49. The molecule has 0 bridgehead atoms. The number of benzene rings is 1. The quantitative estimate of drug-likeness (QED) is 0.889. The van der Waals surface area contributed by atoms with E-state index in [9.17, 15) is 4.79 Å². The summed E-state index contributed by atoms with van der Waals surface area (Å²) in [5, 5.41) is 0. The molecule has 0 saturated carbocycles. The Labute approximate surface area is 137 Å². The summed E-state index contributed by atoms with van der Waals surface area (Å²) in [6.07, 6.45) is 1.11. The molecule has 6 heteroatoms. The number of aryl methyl sites for hydroxylation is 1. The lowest BCUT2D eigenvalue weighted by Crippen LogP contribution is -2.57. The van der Waals surface area contributed by atoms with E-state index < -0.39 is 5.54 Å². The molecule has 2 N–H and O–H groups in total. The van der Waals surface area contributed by atoms with Crippen molar-refractivity contribution in [2.75, 3.05) is 34.5 Å². The number of likely N-dealkylation sites (N-methyl/N-ethyl adjacent to an activating group) is 1. The van der Waals surface area contributed by atoms with Gasteiger partial charge in [-0.15, -0.1) is 0 Å². The normalized spacial score (nSPS) is 16.7. The maximum Gasteiger partial charge on any atom is 0.242 e. The molecule has 128 valence electrons. The van der Waals surface area contributed by atoms with Crippen LogP contribution in [0.3, 0.4) is 0 Å². The molecule has 1 fully saturated rings. The first kappa shape index (κ1) is 17.6. The highest BCUT2D eigenvalue weighted by Gasteiger charge is 2.37. The van der Waals surface area contributed by atoms with E-state index in [0.717, 1.165) is 11.1 Å². The number of carbonyl (C=O) groups excluding carboxylic acids is 1. The summed E-state index contributed by atoms with van der Waals surface area (Å²) in [5.74, 6) is 1.29. The second-order valence-electron chi connectivity index (χ2n) is 6.06. The number of carbonyl (C=O) groups is 1. The van der Waals surface area contributed by atoms with Gasteiger partial charge < -0.3 is 24.8 Å². The van der Waals surface area contributed by atoms with Crippen LogP contribution in [0.1, 0.15) is 24.0 Å². The second-order valence-corrected chi connectivity index (χ2v) is 6.06. The van der Waals surface area contributed by atoms with Crippen LogP contribution < -0.4 is 15.2 Å². The molecule has 1 saturated heterocycles. The van der Waals surface area contributed by atoms with E-state index in [1.54, 1.807) is 26.2 Å². The molecule has 0 aromatic heterocycles. The standard InChI is InChI=1S/C17H26N2O4/c1-12-9-14(21-3)15(22-4)10-13(12)11-19(2)16(20)17(18)5-7-23-8-6-17/h9-10H,5-8,11,18H2,1-4H3. The van der Waals surface area contributed by atoms with Gasteiger partial charge in [-0.1, -0.05) is 0 Å². The van der Waals surface area contributed by atoms with Gasteiger partial charge in [0.1, 0.15) is 0 Å². The Morgan fingerprint density at radius 1 is 1.26 bits per heavy atom. The Balaban J connectivity index is 2.16. The van der Waals surface area contributed by atoms with Crippen LogP contribution in [0, 0.1) is 6.92 Å². The van der Waals surface area contributed by atoms with Crippen molar-refractivity contribution in [3.8, 4) is 11.5 Å². The lowest BCUT2D eigenvalue weighted by Gasteiger charge is -2.35. The van der Waals surface area contributed by atoms with E-state index in [1.807, 2.05) is 19.1 Å². The lowest BCUT2D eigenvalue weighted by molar-refractivity contribution is -0.139. The number of nitrogens with two attached hydrogens (primary N) is 1. The fourth-order valence-corrected chi connectivity index (χ4v) is 2.85. The summed E-state index contributed by atoms with van der Waals surface area (Å²) < 4.78 is 15.9. The summed E-state index contributed by atoms with van der Waals surface area (Å²) in [6, 6.07) is 3.82. The van der Waals surface area contributed by atoms with Crippen LogP contribution in [0.5, 0.6) is 11.5 Å². The van der Waals surface area contributed by atoms with E-state index in [4.69, 9.17) is 19.9 Å². The SMILES string of the molecule is COc1cc(C)c(CN(C)C(=O)C2(N)CCOCC2)cc1OC. The number of nitrogens with zero attached hydrogens (tertiary/aromatic N) is 1. The number of ether oxygens (including phenoxy) is 3. The molecule has 23 heavy (non-hydrogen) atoms. The highest BCUT2D eigenvalue weighted by atomic mass is 16.5. The van der Waals surface area contributed by atoms with Gasteiger partial charge in [0.05, 0.1) is 19.8 Å². The zero-order valence-electron chi connectivity index (χ0n) is 14.3.